The number of nitrogens with two attached hydrogens (primary N) is 1. The molecule has 0 aromatic carbocycles. The number of nitrogen functional groups attached to an aromatic ring is 1. The van der Waals surface area contributed by atoms with Crippen LogP contribution in [0.15, 0.2) is 12.7 Å². The fraction of sp³-hybridized carbons (Fsp3) is 0.643. The molecule has 0 unspecified atom stereocenters. The molecule has 4 atom stereocenters. The van der Waals surface area contributed by atoms with Crippen LogP contribution in [0.5, 0.6) is 0 Å². The molecule has 1 saturated heterocycles. The highest BCUT2D eigenvalue weighted by molar-refractivity contribution is 5.81. The molecule has 3 heterocycles. The van der Waals surface area contributed by atoms with E-state index in [2.05, 4.69) is 15.0 Å². The van der Waals surface area contributed by atoms with Gasteiger partial charge in [-0.1, -0.05) is 0 Å². The van der Waals surface area contributed by atoms with E-state index in [0.717, 1.165) is 0 Å². The minimum Gasteiger partial charge on any atom is -0.394 e. The van der Waals surface area contributed by atoms with Gasteiger partial charge in [0.15, 0.2) is 17.2 Å². The maximum absolute atomic E-state index is 10.7. The molecular weight excluding hydrogens is 332 g/mol. The van der Waals surface area contributed by atoms with Crippen molar-refractivity contribution >= 4 is 17.0 Å². The summed E-state index contributed by atoms with van der Waals surface area (Å²) < 4.78 is 7.37. The zero-order valence-corrected chi connectivity index (χ0v) is 14.0. The average Bonchev–Trinajstić information content (AvgIpc) is 3.11. The van der Waals surface area contributed by atoms with Crippen molar-refractivity contribution in [2.45, 2.75) is 30.5 Å². The Kier molecular flexibility index (Phi) is 4.86. The number of imidazole rings is 1. The van der Waals surface area contributed by atoms with Gasteiger partial charge in [-0.3, -0.25) is 9.40 Å². The van der Waals surface area contributed by atoms with Crippen molar-refractivity contribution < 1.29 is 24.9 Å². The van der Waals surface area contributed by atoms with E-state index in [1.807, 2.05) is 0 Å². The van der Waals surface area contributed by atoms with E-state index in [-0.39, 0.29) is 18.8 Å². The van der Waals surface area contributed by atoms with Crippen LogP contribution in [0.2, 0.25) is 0 Å². The van der Waals surface area contributed by atoms with Crippen LogP contribution in [0.3, 0.4) is 0 Å². The van der Waals surface area contributed by atoms with Crippen molar-refractivity contribution in [3.63, 3.8) is 0 Å². The van der Waals surface area contributed by atoms with Gasteiger partial charge in [-0.05, 0) is 0 Å². The Morgan fingerprint density at radius 2 is 2.12 bits per heavy atom. The normalized spacial score (nSPS) is 29.8. The number of aromatic nitrogens is 4. The number of hydrogen-bond donors (Lipinski definition) is 4. The molecule has 3 rings (SSSR count). The van der Waals surface area contributed by atoms with Gasteiger partial charge >= 0.3 is 0 Å². The predicted octanol–water partition coefficient (Wildman–Crippen LogP) is -1.94. The van der Waals surface area contributed by atoms with Gasteiger partial charge in [-0.2, -0.15) is 5.06 Å². The van der Waals surface area contributed by atoms with Crippen molar-refractivity contribution in [2.75, 3.05) is 33.0 Å². The monoisotopic (exact) mass is 354 g/mol. The van der Waals surface area contributed by atoms with E-state index < -0.39 is 30.6 Å². The Morgan fingerprint density at radius 1 is 1.36 bits per heavy atom. The zero-order chi connectivity index (χ0) is 18.2. The van der Waals surface area contributed by atoms with Crippen LogP contribution in [-0.4, -0.2) is 85.5 Å². The Bertz CT molecular complexity index is 740. The van der Waals surface area contributed by atoms with Gasteiger partial charge in [0.25, 0.3) is 0 Å². The second kappa shape index (κ2) is 6.78. The molecule has 0 spiro atoms. The summed E-state index contributed by atoms with van der Waals surface area (Å²) in [5.74, 6) is 0.190. The molecule has 2 aromatic rings. The Labute approximate surface area is 143 Å². The van der Waals surface area contributed by atoms with Gasteiger partial charge in [0.1, 0.15) is 30.2 Å². The van der Waals surface area contributed by atoms with Gasteiger partial charge in [0.05, 0.1) is 19.5 Å². The molecule has 1 aliphatic heterocycles. The van der Waals surface area contributed by atoms with Crippen molar-refractivity contribution in [2.24, 2.45) is 0 Å². The number of nitrogens with zero attached hydrogens (tertiary/aromatic N) is 5. The molecule has 0 radical (unpaired) electrons. The summed E-state index contributed by atoms with van der Waals surface area (Å²) in [5.41, 5.74) is 5.10. The molecule has 1 aliphatic rings. The van der Waals surface area contributed by atoms with Crippen molar-refractivity contribution in [3.8, 4) is 0 Å². The number of anilines is 1. The second-order valence-electron chi connectivity index (χ2n) is 6.06. The van der Waals surface area contributed by atoms with Crippen LogP contribution in [-0.2, 0) is 15.3 Å². The summed E-state index contributed by atoms with van der Waals surface area (Å²) >= 11 is 0. The van der Waals surface area contributed by atoms with Crippen LogP contribution >= 0.6 is 0 Å². The Balaban J connectivity index is 2.06. The summed E-state index contributed by atoms with van der Waals surface area (Å²) in [6, 6.07) is 0. The third-order valence-electron chi connectivity index (χ3n) is 4.28. The van der Waals surface area contributed by atoms with Crippen LogP contribution in [0.4, 0.5) is 5.82 Å². The quantitative estimate of drug-likeness (QED) is 0.431. The molecule has 0 bridgehead atoms. The smallest absolute Gasteiger partial charge is 0.178 e. The van der Waals surface area contributed by atoms with Crippen LogP contribution in [0, 0.1) is 0 Å². The lowest BCUT2D eigenvalue weighted by molar-refractivity contribution is -0.185. The third kappa shape index (κ3) is 2.94. The highest BCUT2D eigenvalue weighted by atomic mass is 16.7. The molecular formula is C14H22N6O5. The number of rotatable bonds is 6. The predicted molar refractivity (Wildman–Crippen MR) is 85.9 cm³/mol. The number of aliphatic hydroxyl groups is 3. The third-order valence-corrected chi connectivity index (χ3v) is 4.28. The summed E-state index contributed by atoms with van der Waals surface area (Å²) in [4.78, 5) is 17.7. The van der Waals surface area contributed by atoms with E-state index in [0.29, 0.717) is 11.2 Å². The van der Waals surface area contributed by atoms with E-state index in [1.165, 1.54) is 22.3 Å². The molecule has 25 heavy (non-hydrogen) atoms. The molecule has 138 valence electrons. The number of hydroxylamine groups is 2. The van der Waals surface area contributed by atoms with Gasteiger partial charge in [-0.15, -0.1) is 0 Å². The maximum atomic E-state index is 10.7. The Hall–Kier alpha value is -1.89. The van der Waals surface area contributed by atoms with Crippen LogP contribution in [0.1, 0.15) is 6.42 Å². The SMILES string of the molecule is CN(C)OCC[C@@]1(n2cnc3c(N)ncnc32)O[C@H](CO)[C@@H](O)[C@H]1O. The molecule has 1 fully saturated rings. The lowest BCUT2D eigenvalue weighted by Gasteiger charge is -2.34. The average molecular weight is 354 g/mol. The molecule has 11 nitrogen and oxygen atoms in total. The number of aliphatic hydroxyl groups excluding tert-OH is 3. The summed E-state index contributed by atoms with van der Waals surface area (Å²) in [6.45, 7) is -0.257. The highest BCUT2D eigenvalue weighted by Crippen LogP contribution is 2.40. The number of hydrogen-bond acceptors (Lipinski definition) is 10. The molecule has 2 aromatic heterocycles. The molecule has 0 amide bonds. The van der Waals surface area contributed by atoms with E-state index in [1.54, 1.807) is 14.1 Å². The first-order valence-corrected chi connectivity index (χ1v) is 7.79. The number of fused-ring (bicyclic) bond motifs is 1. The summed E-state index contributed by atoms with van der Waals surface area (Å²) in [6.07, 6.45) is -0.687. The Morgan fingerprint density at radius 3 is 2.76 bits per heavy atom. The van der Waals surface area contributed by atoms with Gasteiger partial charge in [-0.25, -0.2) is 15.0 Å². The fourth-order valence-electron chi connectivity index (χ4n) is 3.05. The van der Waals surface area contributed by atoms with Gasteiger partial charge in [0.2, 0.25) is 0 Å². The minimum absolute atomic E-state index is 0.176. The minimum atomic E-state index is -1.42. The van der Waals surface area contributed by atoms with Crippen molar-refractivity contribution in [3.05, 3.63) is 12.7 Å². The second-order valence-corrected chi connectivity index (χ2v) is 6.06. The maximum Gasteiger partial charge on any atom is 0.178 e. The fourth-order valence-corrected chi connectivity index (χ4v) is 3.05. The molecule has 5 N–H and O–H groups in total. The van der Waals surface area contributed by atoms with Gasteiger partial charge < -0.3 is 25.8 Å². The first-order chi connectivity index (χ1) is 11.9. The standard InChI is InChI=1S/C14H22N6O5/c1-19(2)24-4-3-14(11(23)10(22)8(5-21)25-14)20-7-18-9-12(15)16-6-17-13(9)20/h6-8,10-11,21-23H,3-5H2,1-2H3,(H2,15,16,17)/t8-,10-,11-,14-/m1/s1. The summed E-state index contributed by atoms with van der Waals surface area (Å²) in [5, 5.41) is 31.9. The van der Waals surface area contributed by atoms with E-state index in [9.17, 15) is 15.3 Å². The topological polar surface area (TPSA) is 152 Å². The summed E-state index contributed by atoms with van der Waals surface area (Å²) in [7, 11) is 3.45. The first kappa shape index (κ1) is 17.9. The molecule has 11 heteroatoms. The van der Waals surface area contributed by atoms with Crippen LogP contribution < -0.4 is 5.73 Å². The zero-order valence-electron chi connectivity index (χ0n) is 14.0. The van der Waals surface area contributed by atoms with Crippen molar-refractivity contribution in [1.29, 1.82) is 0 Å². The first-order valence-electron chi connectivity index (χ1n) is 7.79. The van der Waals surface area contributed by atoms with E-state index >= 15 is 0 Å². The molecule has 0 aliphatic carbocycles. The van der Waals surface area contributed by atoms with Gasteiger partial charge in [0, 0.05) is 20.5 Å². The van der Waals surface area contributed by atoms with Crippen LogP contribution in [0.25, 0.3) is 11.2 Å². The van der Waals surface area contributed by atoms with Crippen molar-refractivity contribution in [1.82, 2.24) is 24.6 Å². The number of ether oxygens (including phenoxy) is 1. The highest BCUT2D eigenvalue weighted by Gasteiger charge is 2.55. The lowest BCUT2D eigenvalue weighted by atomic mass is 9.99. The lowest BCUT2D eigenvalue weighted by Crippen LogP contribution is -2.46. The van der Waals surface area contributed by atoms with E-state index in [4.69, 9.17) is 15.3 Å². The molecule has 0 saturated carbocycles. The largest absolute Gasteiger partial charge is 0.394 e.